The van der Waals surface area contributed by atoms with Crippen LogP contribution in [-0.4, -0.2) is 38.8 Å². The fraction of sp³-hybridized carbons (Fsp3) is 0.350. The molecule has 0 aliphatic carbocycles. The number of nitrogens with one attached hydrogen (secondary N) is 1. The van der Waals surface area contributed by atoms with Crippen molar-refractivity contribution in [3.05, 3.63) is 53.6 Å². The van der Waals surface area contributed by atoms with Crippen LogP contribution in [-0.2, 0) is 14.8 Å². The number of sulfonamides is 1. The van der Waals surface area contributed by atoms with Gasteiger partial charge in [-0.2, -0.15) is 4.31 Å². The quantitative estimate of drug-likeness (QED) is 0.799. The second-order valence-electron chi connectivity index (χ2n) is 6.94. The number of carbonyl (C=O) groups is 1. The lowest BCUT2D eigenvalue weighted by Crippen LogP contribution is -2.43. The van der Waals surface area contributed by atoms with Gasteiger partial charge in [0, 0.05) is 13.1 Å². The van der Waals surface area contributed by atoms with Crippen molar-refractivity contribution in [1.29, 1.82) is 0 Å². The van der Waals surface area contributed by atoms with E-state index in [2.05, 4.69) is 5.32 Å². The molecule has 29 heavy (non-hydrogen) atoms. The minimum atomic E-state index is -3.90. The van der Waals surface area contributed by atoms with E-state index in [4.69, 9.17) is 4.74 Å². The molecule has 2 aromatic rings. The highest BCUT2D eigenvalue weighted by molar-refractivity contribution is 7.89. The fourth-order valence-corrected chi connectivity index (χ4v) is 5.11. The normalized spacial score (nSPS) is 17.7. The summed E-state index contributed by atoms with van der Waals surface area (Å²) in [4.78, 5) is 12.6. The van der Waals surface area contributed by atoms with Crippen LogP contribution in [0.2, 0.25) is 0 Å². The van der Waals surface area contributed by atoms with Gasteiger partial charge in [-0.15, -0.1) is 0 Å². The molecule has 9 heteroatoms. The number of hydrogen-bond acceptors (Lipinski definition) is 4. The Kier molecular flexibility index (Phi) is 6.18. The van der Waals surface area contributed by atoms with Crippen molar-refractivity contribution < 1.29 is 26.7 Å². The number of para-hydroxylation sites is 1. The Morgan fingerprint density at radius 1 is 1.21 bits per heavy atom. The Morgan fingerprint density at radius 3 is 2.55 bits per heavy atom. The first-order valence-electron chi connectivity index (χ1n) is 9.13. The minimum absolute atomic E-state index is 0.0289. The molecule has 1 N–H and O–H groups in total. The zero-order chi connectivity index (χ0) is 21.2. The number of carbonyl (C=O) groups excluding carboxylic acids is 1. The summed E-state index contributed by atoms with van der Waals surface area (Å²) in [5, 5.41) is 2.26. The molecule has 0 aromatic heterocycles. The molecule has 3 rings (SSSR count). The van der Waals surface area contributed by atoms with Crippen molar-refractivity contribution in [3.8, 4) is 5.75 Å². The van der Waals surface area contributed by atoms with Gasteiger partial charge in [-0.25, -0.2) is 17.2 Å². The second kappa shape index (κ2) is 8.46. The lowest BCUT2D eigenvalue weighted by atomic mass is 9.98. The second-order valence-corrected chi connectivity index (χ2v) is 8.85. The van der Waals surface area contributed by atoms with E-state index in [9.17, 15) is 22.0 Å². The van der Waals surface area contributed by atoms with Crippen LogP contribution in [0.1, 0.15) is 18.4 Å². The maximum absolute atomic E-state index is 13.8. The molecular weight excluding hydrogens is 402 g/mol. The van der Waals surface area contributed by atoms with E-state index in [0.717, 1.165) is 17.7 Å². The topological polar surface area (TPSA) is 75.7 Å². The number of hydrogen-bond donors (Lipinski definition) is 1. The van der Waals surface area contributed by atoms with Gasteiger partial charge in [0.15, 0.2) is 0 Å². The van der Waals surface area contributed by atoms with Gasteiger partial charge in [-0.3, -0.25) is 4.79 Å². The van der Waals surface area contributed by atoms with Crippen LogP contribution in [0.4, 0.5) is 14.5 Å². The molecule has 0 radical (unpaired) electrons. The Labute approximate surface area is 168 Å². The Bertz CT molecular complexity index is 1010. The van der Waals surface area contributed by atoms with E-state index < -0.39 is 39.2 Å². The Hall–Kier alpha value is -2.52. The zero-order valence-corrected chi connectivity index (χ0v) is 16.9. The first-order chi connectivity index (χ1) is 13.7. The van der Waals surface area contributed by atoms with E-state index >= 15 is 0 Å². The van der Waals surface area contributed by atoms with Crippen LogP contribution in [0.3, 0.4) is 0 Å². The minimum Gasteiger partial charge on any atom is -0.495 e. The van der Waals surface area contributed by atoms with Gasteiger partial charge in [0.2, 0.25) is 15.9 Å². The Balaban J connectivity index is 1.82. The van der Waals surface area contributed by atoms with Crippen LogP contribution in [0.5, 0.6) is 5.75 Å². The molecule has 1 atom stereocenters. The predicted octanol–water partition coefficient (Wildman–Crippen LogP) is 3.32. The summed E-state index contributed by atoms with van der Waals surface area (Å²) in [6.07, 6.45) is 0.865. The van der Waals surface area contributed by atoms with E-state index in [1.807, 2.05) is 0 Å². The standard InChI is InChI=1S/C20H22F2N2O4S/c1-13-8-9-17(28-2)18(11-13)29(26,27)24-10-4-5-14(12-24)20(25)23-19-15(21)6-3-7-16(19)22/h3,6-9,11,14H,4-5,10,12H2,1-2H3,(H,23,25)/t14-/m0/s1. The summed E-state index contributed by atoms with van der Waals surface area (Å²) in [6, 6.07) is 8.13. The number of piperidine rings is 1. The number of benzene rings is 2. The molecular formula is C20H22F2N2O4S. The molecule has 156 valence electrons. The van der Waals surface area contributed by atoms with Gasteiger partial charge in [0.05, 0.1) is 13.0 Å². The van der Waals surface area contributed by atoms with Crippen LogP contribution in [0, 0.1) is 24.5 Å². The number of rotatable bonds is 5. The van der Waals surface area contributed by atoms with Crippen LogP contribution < -0.4 is 10.1 Å². The first kappa shape index (κ1) is 21.2. The van der Waals surface area contributed by atoms with Crippen molar-refractivity contribution in [2.45, 2.75) is 24.7 Å². The highest BCUT2D eigenvalue weighted by Gasteiger charge is 2.35. The van der Waals surface area contributed by atoms with E-state index in [1.54, 1.807) is 19.1 Å². The summed E-state index contributed by atoms with van der Waals surface area (Å²) in [7, 11) is -2.51. The SMILES string of the molecule is COc1ccc(C)cc1S(=O)(=O)N1CCC[C@H](C(=O)Nc2c(F)cccc2F)C1. The van der Waals surface area contributed by atoms with E-state index in [0.29, 0.717) is 12.8 Å². The monoisotopic (exact) mass is 424 g/mol. The number of methoxy groups -OCH3 is 1. The Morgan fingerprint density at radius 2 is 1.90 bits per heavy atom. The summed E-state index contributed by atoms with van der Waals surface area (Å²) < 4.78 is 60.3. The molecule has 0 saturated carbocycles. The van der Waals surface area contributed by atoms with Gasteiger partial charge in [0.1, 0.15) is 28.0 Å². The highest BCUT2D eigenvalue weighted by atomic mass is 32.2. The number of halogens is 2. The maximum atomic E-state index is 13.8. The van der Waals surface area contributed by atoms with Crippen LogP contribution in [0.15, 0.2) is 41.3 Å². The molecule has 1 heterocycles. The molecule has 1 fully saturated rings. The average Bonchev–Trinajstić information content (AvgIpc) is 2.70. The molecule has 1 aliphatic heterocycles. The predicted molar refractivity (Wildman–Crippen MR) is 104 cm³/mol. The third kappa shape index (κ3) is 4.40. The van der Waals surface area contributed by atoms with Crippen molar-refractivity contribution in [3.63, 3.8) is 0 Å². The molecule has 6 nitrogen and oxygen atoms in total. The summed E-state index contributed by atoms with van der Waals surface area (Å²) in [6.45, 7) is 1.94. The number of anilines is 1. The first-order valence-corrected chi connectivity index (χ1v) is 10.6. The fourth-order valence-electron chi connectivity index (χ4n) is 3.34. The van der Waals surface area contributed by atoms with Gasteiger partial charge in [-0.1, -0.05) is 12.1 Å². The molecule has 0 bridgehead atoms. The van der Waals surface area contributed by atoms with Crippen molar-refractivity contribution >= 4 is 21.6 Å². The lowest BCUT2D eigenvalue weighted by molar-refractivity contribution is -0.120. The third-order valence-electron chi connectivity index (χ3n) is 4.90. The zero-order valence-electron chi connectivity index (χ0n) is 16.1. The molecule has 0 spiro atoms. The van der Waals surface area contributed by atoms with E-state index in [1.165, 1.54) is 23.5 Å². The largest absolute Gasteiger partial charge is 0.495 e. The van der Waals surface area contributed by atoms with Crippen molar-refractivity contribution in [2.75, 3.05) is 25.5 Å². The molecule has 1 aliphatic rings. The molecule has 0 unspecified atom stereocenters. The van der Waals surface area contributed by atoms with Crippen molar-refractivity contribution in [1.82, 2.24) is 4.31 Å². The summed E-state index contributed by atoms with van der Waals surface area (Å²) in [5.74, 6) is -2.90. The molecule has 1 saturated heterocycles. The van der Waals surface area contributed by atoms with Crippen molar-refractivity contribution in [2.24, 2.45) is 5.92 Å². The third-order valence-corrected chi connectivity index (χ3v) is 6.79. The van der Waals surface area contributed by atoms with Gasteiger partial charge >= 0.3 is 0 Å². The maximum Gasteiger partial charge on any atom is 0.246 e. The number of aryl methyl sites for hydroxylation is 1. The van der Waals surface area contributed by atoms with Crippen LogP contribution in [0.25, 0.3) is 0 Å². The number of amides is 1. The van der Waals surface area contributed by atoms with Crippen LogP contribution >= 0.6 is 0 Å². The smallest absolute Gasteiger partial charge is 0.246 e. The number of nitrogens with zero attached hydrogens (tertiary/aromatic N) is 1. The van der Waals surface area contributed by atoms with E-state index in [-0.39, 0.29) is 23.7 Å². The summed E-state index contributed by atoms with van der Waals surface area (Å²) >= 11 is 0. The number of ether oxygens (including phenoxy) is 1. The van der Waals surface area contributed by atoms with Gasteiger partial charge in [-0.05, 0) is 49.6 Å². The average molecular weight is 424 g/mol. The highest BCUT2D eigenvalue weighted by Crippen LogP contribution is 2.31. The van der Waals surface area contributed by atoms with Gasteiger partial charge in [0.25, 0.3) is 0 Å². The lowest BCUT2D eigenvalue weighted by Gasteiger charge is -2.31. The summed E-state index contributed by atoms with van der Waals surface area (Å²) in [5.41, 5.74) is 0.225. The molecule has 1 amide bonds. The van der Waals surface area contributed by atoms with Gasteiger partial charge < -0.3 is 10.1 Å². The molecule has 2 aromatic carbocycles.